The lowest BCUT2D eigenvalue weighted by Crippen LogP contribution is -2.39. The summed E-state index contributed by atoms with van der Waals surface area (Å²) in [6.07, 6.45) is 19.4. The smallest absolute Gasteiger partial charge is 0.207 e. The molecule has 0 aromatic heterocycles. The van der Waals surface area contributed by atoms with E-state index in [0.29, 0.717) is 29.3 Å². The highest BCUT2D eigenvalue weighted by Gasteiger charge is 2.51. The molecule has 5 unspecified atom stereocenters. The second-order valence-corrected chi connectivity index (χ2v) is 13.8. The summed E-state index contributed by atoms with van der Waals surface area (Å²) in [5.41, 5.74) is 3.00. The Kier molecular flexibility index (Phi) is 11.9. The second kappa shape index (κ2) is 15.9. The molecule has 2 fully saturated rings. The Hall–Kier alpha value is -2.49. The van der Waals surface area contributed by atoms with Gasteiger partial charge in [0.2, 0.25) is 5.70 Å². The number of aromatic hydroxyl groups is 1. The van der Waals surface area contributed by atoms with Crippen LogP contribution in [0.3, 0.4) is 0 Å². The van der Waals surface area contributed by atoms with Crippen molar-refractivity contribution in [2.45, 2.75) is 109 Å². The van der Waals surface area contributed by atoms with Crippen LogP contribution < -0.4 is 10.1 Å². The van der Waals surface area contributed by atoms with Crippen LogP contribution in [0.1, 0.15) is 90.0 Å². The fourth-order valence-electron chi connectivity index (χ4n) is 8.13. The Morgan fingerprint density at radius 1 is 1.18 bits per heavy atom. The maximum Gasteiger partial charge on any atom is 0.207 e. The van der Waals surface area contributed by atoms with Crippen molar-refractivity contribution in [3.8, 4) is 11.5 Å². The first kappa shape index (κ1) is 33.9. The minimum atomic E-state index is -0.924. The van der Waals surface area contributed by atoms with Gasteiger partial charge in [-0.15, -0.1) is 16.6 Å². The van der Waals surface area contributed by atoms with E-state index in [9.17, 15) is 20.4 Å². The van der Waals surface area contributed by atoms with Gasteiger partial charge in [-0.2, -0.15) is 0 Å². The number of phenols is 1. The standard InChI is InChI=1S/C37H54N2O6/c1-3-4-9-35-28(23-40)18-29(45-35)12-10-26-11-13-33(42)36(17-26)44-24-34(43)32-19-27(21-39-32)30(22-38-20-25(2)41)31-8-7-16-37(31)14-5-6-15-37/h11,13,17-19,21,25,30-31,34-35,38,40-41,43,45H,3-10,12,14-16,20,22-24H2,1-2H3/p+1. The molecular weight excluding hydrogens is 568 g/mol. The van der Waals surface area contributed by atoms with Crippen LogP contribution in [0.5, 0.6) is 11.5 Å². The summed E-state index contributed by atoms with van der Waals surface area (Å²) in [5, 5.41) is 44.7. The summed E-state index contributed by atoms with van der Waals surface area (Å²) < 4.78 is 10.8. The number of nitrogens with zero attached hydrogens (tertiary/aromatic N) is 1. The van der Waals surface area contributed by atoms with Crippen molar-refractivity contribution in [3.05, 3.63) is 59.2 Å². The molecule has 0 saturated heterocycles. The van der Waals surface area contributed by atoms with Crippen molar-refractivity contribution < 1.29 is 29.9 Å². The van der Waals surface area contributed by atoms with E-state index in [0.717, 1.165) is 61.8 Å². The number of ether oxygens (including phenoxy) is 2. The van der Waals surface area contributed by atoms with E-state index in [1.165, 1.54) is 44.9 Å². The Morgan fingerprint density at radius 3 is 2.73 bits per heavy atom. The van der Waals surface area contributed by atoms with E-state index in [-0.39, 0.29) is 31.0 Å². The molecular formula is C37H55N2O6+. The Bertz CT molecular complexity index is 1180. The van der Waals surface area contributed by atoms with Crippen molar-refractivity contribution in [2.24, 2.45) is 22.2 Å². The monoisotopic (exact) mass is 623 g/mol. The number of unbranched alkanes of at least 4 members (excludes halogenated alkanes) is 1. The summed E-state index contributed by atoms with van der Waals surface area (Å²) in [7, 11) is 0. The summed E-state index contributed by atoms with van der Waals surface area (Å²) in [4.78, 5) is 4.62. The molecule has 6 N–H and O–H groups in total. The molecule has 2 aliphatic heterocycles. The van der Waals surface area contributed by atoms with E-state index in [1.807, 2.05) is 30.5 Å². The van der Waals surface area contributed by atoms with Gasteiger partial charge in [0.25, 0.3) is 0 Å². The quantitative estimate of drug-likeness (QED) is 0.121. The van der Waals surface area contributed by atoms with Gasteiger partial charge in [0.05, 0.1) is 18.1 Å². The van der Waals surface area contributed by atoms with E-state index < -0.39 is 12.2 Å². The van der Waals surface area contributed by atoms with Crippen molar-refractivity contribution in [2.75, 3.05) is 26.3 Å². The van der Waals surface area contributed by atoms with Crippen molar-refractivity contribution in [3.63, 3.8) is 0 Å². The van der Waals surface area contributed by atoms with E-state index in [1.54, 1.807) is 13.0 Å². The normalized spacial score (nSPS) is 24.4. The molecule has 2 saturated carbocycles. The van der Waals surface area contributed by atoms with Gasteiger partial charge < -0.3 is 35.2 Å². The molecule has 248 valence electrons. The first-order valence-electron chi connectivity index (χ1n) is 17.3. The Labute approximate surface area is 269 Å². The highest BCUT2D eigenvalue weighted by molar-refractivity contribution is 5.83. The number of allylic oxidation sites excluding steroid dienone is 1. The molecule has 5 rings (SSSR count). The second-order valence-electron chi connectivity index (χ2n) is 13.8. The van der Waals surface area contributed by atoms with Crippen LogP contribution in [0.25, 0.3) is 0 Å². The maximum atomic E-state index is 11.1. The number of rotatable bonds is 17. The summed E-state index contributed by atoms with van der Waals surface area (Å²) in [6, 6.07) is 5.35. The molecule has 45 heavy (non-hydrogen) atoms. The van der Waals surface area contributed by atoms with Crippen LogP contribution in [-0.2, 0) is 6.42 Å². The molecule has 0 bridgehead atoms. The Morgan fingerprint density at radius 2 is 1.98 bits per heavy atom. The largest absolute Gasteiger partial charge is 0.504 e. The van der Waals surface area contributed by atoms with Crippen molar-refractivity contribution in [1.29, 1.82) is 0 Å². The molecule has 1 aromatic carbocycles. The Balaban J connectivity index is 1.17. The van der Waals surface area contributed by atoms with E-state index in [2.05, 4.69) is 17.2 Å². The molecule has 1 spiro atoms. The van der Waals surface area contributed by atoms with Crippen molar-refractivity contribution in [1.82, 2.24) is 5.32 Å². The SMILES string of the molecule is CCCCC1[OH+][C-](CCc2ccc(O)c(OCC(O)C3=C[C+](C(CNCC(C)O)C4CCCC45CCCC5)C=N3)c2)C=C1CO. The average Bonchev–Trinajstić information content (AvgIpc) is 3.85. The summed E-state index contributed by atoms with van der Waals surface area (Å²) in [6.45, 7) is 5.35. The lowest BCUT2D eigenvalue weighted by Gasteiger charge is -2.36. The zero-order chi connectivity index (χ0) is 31.8. The van der Waals surface area contributed by atoms with Crippen LogP contribution in [0.15, 0.2) is 46.6 Å². The average molecular weight is 624 g/mol. The molecule has 2 aliphatic carbocycles. The molecule has 8 heteroatoms. The third kappa shape index (κ3) is 8.46. The topological polar surface area (TPSA) is 127 Å². The molecule has 4 aliphatic rings. The number of aliphatic hydroxyl groups excluding tert-OH is 3. The zero-order valence-electron chi connectivity index (χ0n) is 27.3. The first-order valence-corrected chi connectivity index (χ1v) is 17.3. The molecule has 0 radical (unpaired) electrons. The van der Waals surface area contributed by atoms with Gasteiger partial charge in [-0.05, 0) is 80.9 Å². The van der Waals surface area contributed by atoms with Crippen LogP contribution in [0, 0.1) is 29.3 Å². The van der Waals surface area contributed by atoms with Gasteiger partial charge in [0, 0.05) is 26.1 Å². The van der Waals surface area contributed by atoms with Crippen LogP contribution in [-0.4, -0.2) is 76.0 Å². The maximum absolute atomic E-state index is 11.1. The lowest BCUT2D eigenvalue weighted by molar-refractivity contribution is -0.0550. The zero-order valence-corrected chi connectivity index (χ0v) is 27.3. The van der Waals surface area contributed by atoms with Crippen LogP contribution in [0.2, 0.25) is 0 Å². The number of phenolic OH excluding ortho intramolecular Hbond substituents is 1. The van der Waals surface area contributed by atoms with Crippen LogP contribution in [0.4, 0.5) is 0 Å². The third-order valence-electron chi connectivity index (χ3n) is 10.5. The summed E-state index contributed by atoms with van der Waals surface area (Å²) >= 11 is 0. The third-order valence-corrected chi connectivity index (χ3v) is 10.5. The van der Waals surface area contributed by atoms with Gasteiger partial charge in [-0.3, -0.25) is 0 Å². The minimum absolute atomic E-state index is 0.0137. The van der Waals surface area contributed by atoms with E-state index >= 15 is 0 Å². The van der Waals surface area contributed by atoms with Gasteiger partial charge >= 0.3 is 0 Å². The molecule has 8 nitrogen and oxygen atoms in total. The minimum Gasteiger partial charge on any atom is -0.504 e. The number of hydrogen-bond acceptors (Lipinski definition) is 7. The number of benzene rings is 1. The fraction of sp³-hybridized carbons (Fsp3) is 0.649. The van der Waals surface area contributed by atoms with Gasteiger partial charge in [0.1, 0.15) is 30.9 Å². The molecule has 5 atom stereocenters. The van der Waals surface area contributed by atoms with Gasteiger partial charge in [-0.1, -0.05) is 38.7 Å². The first-order chi connectivity index (χ1) is 21.8. The highest BCUT2D eigenvalue weighted by atomic mass is 16.5. The van der Waals surface area contributed by atoms with Crippen LogP contribution >= 0.6 is 0 Å². The van der Waals surface area contributed by atoms with Gasteiger partial charge in [-0.25, -0.2) is 0 Å². The molecule has 2 heterocycles. The van der Waals surface area contributed by atoms with Gasteiger partial charge in [0.15, 0.2) is 17.6 Å². The lowest BCUT2D eigenvalue weighted by atomic mass is 9.67. The fourth-order valence-corrected chi connectivity index (χ4v) is 8.13. The van der Waals surface area contributed by atoms with Crippen molar-refractivity contribution >= 4 is 6.21 Å². The number of aliphatic imine (C=N–C) groups is 1. The number of hydrogen-bond donors (Lipinski definition) is 5. The number of aliphatic hydroxyl groups is 5. The molecule has 0 amide bonds. The predicted octanol–water partition coefficient (Wildman–Crippen LogP) is 5.11. The highest BCUT2D eigenvalue weighted by Crippen LogP contribution is 2.58. The number of aryl methyl sites for hydroxylation is 1. The van der Waals surface area contributed by atoms with E-state index in [4.69, 9.17) is 9.47 Å². The molecule has 1 aromatic rings. The summed E-state index contributed by atoms with van der Waals surface area (Å²) in [5.74, 6) is 2.39. The predicted molar refractivity (Wildman–Crippen MR) is 178 cm³/mol. The number of nitrogens with one attached hydrogen (secondary N) is 1.